The summed E-state index contributed by atoms with van der Waals surface area (Å²) in [7, 11) is 0. The number of morpholine rings is 1. The van der Waals surface area contributed by atoms with Crippen molar-refractivity contribution >= 4 is 28.6 Å². The monoisotopic (exact) mass is 411 g/mol. The van der Waals surface area contributed by atoms with Crippen LogP contribution in [0.5, 0.6) is 0 Å². The van der Waals surface area contributed by atoms with E-state index in [4.69, 9.17) is 4.74 Å². The van der Waals surface area contributed by atoms with E-state index in [1.807, 2.05) is 22.6 Å². The second-order valence-electron chi connectivity index (χ2n) is 5.34. The van der Waals surface area contributed by atoms with Gasteiger partial charge in [0.1, 0.15) is 6.61 Å². The van der Waals surface area contributed by atoms with Crippen LogP contribution in [0, 0.1) is 0 Å². The number of hydrogen-bond acceptors (Lipinski definition) is 3. The normalized spacial score (nSPS) is 33.6. The van der Waals surface area contributed by atoms with Crippen LogP contribution in [0.3, 0.4) is 0 Å². The molecule has 0 aliphatic carbocycles. The summed E-state index contributed by atoms with van der Waals surface area (Å²) in [6.45, 7) is 0.193. The second kappa shape index (κ2) is 5.12. The Balaban J connectivity index is 2.07. The van der Waals surface area contributed by atoms with E-state index in [1.54, 1.807) is 30.3 Å². The van der Waals surface area contributed by atoms with Gasteiger partial charge in [0.15, 0.2) is 0 Å². The van der Waals surface area contributed by atoms with Crippen LogP contribution in [0.1, 0.15) is 18.0 Å². The van der Waals surface area contributed by atoms with Crippen LogP contribution in [0.4, 0.5) is 13.2 Å². The van der Waals surface area contributed by atoms with E-state index >= 15 is 0 Å². The van der Waals surface area contributed by atoms with Gasteiger partial charge in [-0.25, -0.2) is 4.79 Å². The maximum atomic E-state index is 13.7. The van der Waals surface area contributed by atoms with Crippen LogP contribution < -0.4 is 0 Å². The van der Waals surface area contributed by atoms with Gasteiger partial charge in [-0.15, -0.1) is 0 Å². The van der Waals surface area contributed by atoms with E-state index < -0.39 is 23.7 Å². The molecule has 1 aromatic carbocycles. The molecule has 2 heterocycles. The molecule has 7 heteroatoms. The SMILES string of the molecule is O=C1OC[C@@H](c2ccccc2)N2C[C@H](I)C[C@@]12C(F)(F)F. The number of rotatable bonds is 1. The third-order valence-electron chi connectivity index (χ3n) is 4.14. The molecule has 2 saturated heterocycles. The van der Waals surface area contributed by atoms with Gasteiger partial charge in [0.2, 0.25) is 5.54 Å². The largest absolute Gasteiger partial charge is 0.462 e. The molecule has 0 spiro atoms. The van der Waals surface area contributed by atoms with Gasteiger partial charge < -0.3 is 4.74 Å². The average Bonchev–Trinajstić information content (AvgIpc) is 2.79. The van der Waals surface area contributed by atoms with Crippen molar-refractivity contribution in [3.63, 3.8) is 0 Å². The van der Waals surface area contributed by atoms with Crippen LogP contribution in [0.2, 0.25) is 0 Å². The highest BCUT2D eigenvalue weighted by Crippen LogP contribution is 2.51. The molecule has 3 rings (SSSR count). The van der Waals surface area contributed by atoms with Crippen LogP contribution in [0.15, 0.2) is 30.3 Å². The van der Waals surface area contributed by atoms with Crippen LogP contribution >= 0.6 is 22.6 Å². The zero-order valence-corrected chi connectivity index (χ0v) is 13.1. The minimum atomic E-state index is -4.64. The Hall–Kier alpha value is -0.830. The topological polar surface area (TPSA) is 29.5 Å². The first-order valence-electron chi connectivity index (χ1n) is 6.56. The minimum absolute atomic E-state index is 0.0377. The van der Waals surface area contributed by atoms with Crippen molar-refractivity contribution in [2.45, 2.75) is 28.1 Å². The summed E-state index contributed by atoms with van der Waals surface area (Å²) in [5.41, 5.74) is -1.76. The highest BCUT2D eigenvalue weighted by atomic mass is 127. The predicted molar refractivity (Wildman–Crippen MR) is 78.1 cm³/mol. The lowest BCUT2D eigenvalue weighted by molar-refractivity contribution is -0.252. The molecule has 0 unspecified atom stereocenters. The summed E-state index contributed by atoms with van der Waals surface area (Å²) in [6.07, 6.45) is -4.89. The summed E-state index contributed by atoms with van der Waals surface area (Å²) in [5, 5.41) is 0. The van der Waals surface area contributed by atoms with Gasteiger partial charge in [-0.05, 0) is 12.0 Å². The molecule has 2 aliphatic rings. The highest BCUT2D eigenvalue weighted by Gasteiger charge is 2.71. The second-order valence-corrected chi connectivity index (χ2v) is 7.10. The number of alkyl halides is 4. The van der Waals surface area contributed by atoms with Gasteiger partial charge in [-0.2, -0.15) is 13.2 Å². The fourth-order valence-corrected chi connectivity index (χ4v) is 4.24. The molecule has 0 saturated carbocycles. The molecule has 114 valence electrons. The van der Waals surface area contributed by atoms with E-state index in [1.165, 1.54) is 4.90 Å². The molecule has 0 N–H and O–H groups in total. The Kier molecular flexibility index (Phi) is 3.67. The van der Waals surface area contributed by atoms with E-state index in [0.717, 1.165) is 5.56 Å². The molecule has 0 radical (unpaired) electrons. The van der Waals surface area contributed by atoms with Crippen molar-refractivity contribution in [1.82, 2.24) is 4.90 Å². The lowest BCUT2D eigenvalue weighted by Crippen LogP contribution is -2.65. The number of benzene rings is 1. The summed E-state index contributed by atoms with van der Waals surface area (Å²) in [5.74, 6) is -1.17. The molecular weight excluding hydrogens is 398 g/mol. The predicted octanol–water partition coefficient (Wildman–Crippen LogP) is 3.09. The van der Waals surface area contributed by atoms with Crippen LogP contribution in [-0.4, -0.2) is 39.7 Å². The number of ether oxygens (including phenoxy) is 1. The van der Waals surface area contributed by atoms with E-state index in [-0.39, 0.29) is 23.5 Å². The molecule has 21 heavy (non-hydrogen) atoms. The molecule has 2 fully saturated rings. The van der Waals surface area contributed by atoms with Gasteiger partial charge in [-0.3, -0.25) is 4.90 Å². The van der Waals surface area contributed by atoms with Crippen molar-refractivity contribution in [2.75, 3.05) is 13.2 Å². The van der Waals surface area contributed by atoms with Crippen LogP contribution in [-0.2, 0) is 9.53 Å². The molecule has 1 aromatic rings. The van der Waals surface area contributed by atoms with Gasteiger partial charge in [0, 0.05) is 10.5 Å². The fourth-order valence-electron chi connectivity index (χ4n) is 3.18. The average molecular weight is 411 g/mol. The van der Waals surface area contributed by atoms with E-state index in [0.29, 0.717) is 0 Å². The maximum absolute atomic E-state index is 13.7. The first-order valence-corrected chi connectivity index (χ1v) is 7.80. The number of esters is 1. The number of nitrogens with zero attached hydrogens (tertiary/aromatic N) is 1. The van der Waals surface area contributed by atoms with Crippen molar-refractivity contribution < 1.29 is 22.7 Å². The zero-order chi connectivity index (χ0) is 15.3. The van der Waals surface area contributed by atoms with Gasteiger partial charge in [0.25, 0.3) is 0 Å². The van der Waals surface area contributed by atoms with Crippen LogP contribution in [0.25, 0.3) is 0 Å². The molecule has 3 nitrogen and oxygen atoms in total. The van der Waals surface area contributed by atoms with Crippen molar-refractivity contribution in [2.24, 2.45) is 0 Å². The Bertz CT molecular complexity index is 551. The van der Waals surface area contributed by atoms with E-state index in [9.17, 15) is 18.0 Å². The Labute approximate surface area is 133 Å². The van der Waals surface area contributed by atoms with Gasteiger partial charge in [0.05, 0.1) is 6.04 Å². The standard InChI is InChI=1S/C14H13F3INO2/c15-14(16,17)13-6-10(18)7-19(13)11(8-21-12(13)20)9-4-2-1-3-5-9/h1-5,10-11H,6-8H2/t10-,11+,13+/m1/s1. The first-order chi connectivity index (χ1) is 9.86. The lowest BCUT2D eigenvalue weighted by atomic mass is 9.90. The maximum Gasteiger partial charge on any atom is 0.417 e. The quantitative estimate of drug-likeness (QED) is 0.404. The third kappa shape index (κ3) is 2.25. The smallest absolute Gasteiger partial charge is 0.417 e. The lowest BCUT2D eigenvalue weighted by Gasteiger charge is -2.45. The first kappa shape index (κ1) is 15.1. The van der Waals surface area contributed by atoms with Crippen molar-refractivity contribution in [3.05, 3.63) is 35.9 Å². The molecule has 2 aliphatic heterocycles. The number of carbonyl (C=O) groups excluding carboxylic acids is 1. The van der Waals surface area contributed by atoms with Crippen molar-refractivity contribution in [3.8, 4) is 0 Å². The Morgan fingerprint density at radius 2 is 1.95 bits per heavy atom. The number of cyclic esters (lactones) is 1. The molecule has 0 aromatic heterocycles. The summed E-state index contributed by atoms with van der Waals surface area (Å²) in [6, 6.07) is 8.35. The van der Waals surface area contributed by atoms with E-state index in [2.05, 4.69) is 0 Å². The minimum Gasteiger partial charge on any atom is -0.462 e. The Morgan fingerprint density at radius 1 is 1.29 bits per heavy atom. The number of fused-ring (bicyclic) bond motifs is 1. The summed E-state index contributed by atoms with van der Waals surface area (Å²) in [4.78, 5) is 13.3. The molecule has 0 bridgehead atoms. The molecular formula is C14H13F3INO2. The van der Waals surface area contributed by atoms with Crippen molar-refractivity contribution in [1.29, 1.82) is 0 Å². The number of halogens is 4. The number of hydrogen-bond donors (Lipinski definition) is 0. The summed E-state index contributed by atoms with van der Waals surface area (Å²) >= 11 is 1.98. The Morgan fingerprint density at radius 3 is 2.57 bits per heavy atom. The zero-order valence-electron chi connectivity index (χ0n) is 10.9. The molecule has 3 atom stereocenters. The van der Waals surface area contributed by atoms with Gasteiger partial charge >= 0.3 is 12.1 Å². The summed E-state index contributed by atoms with van der Waals surface area (Å²) < 4.78 is 45.7. The number of carbonyl (C=O) groups is 1. The third-order valence-corrected chi connectivity index (χ3v) is 4.98. The van der Waals surface area contributed by atoms with Gasteiger partial charge in [-0.1, -0.05) is 52.9 Å². The molecule has 0 amide bonds. The highest BCUT2D eigenvalue weighted by molar-refractivity contribution is 14.1. The fraction of sp³-hybridized carbons (Fsp3) is 0.500.